The Kier molecular flexibility index (Phi) is 5.73. The van der Waals surface area contributed by atoms with E-state index in [1.165, 1.54) is 19.4 Å². The summed E-state index contributed by atoms with van der Waals surface area (Å²) in [6.07, 6.45) is 5.14. The van der Waals surface area contributed by atoms with Gasteiger partial charge < -0.3 is 10.5 Å². The average Bonchev–Trinajstić information content (AvgIpc) is 2.33. The van der Waals surface area contributed by atoms with Gasteiger partial charge in [0.05, 0.1) is 6.10 Å². The van der Waals surface area contributed by atoms with E-state index >= 15 is 0 Å². The van der Waals surface area contributed by atoms with Gasteiger partial charge >= 0.3 is 0 Å². The van der Waals surface area contributed by atoms with Gasteiger partial charge in [0.25, 0.3) is 0 Å². The molecule has 96 valence electrons. The van der Waals surface area contributed by atoms with Gasteiger partial charge in [-0.25, -0.2) is 0 Å². The molecule has 1 fully saturated rings. The predicted molar refractivity (Wildman–Crippen MR) is 68.6 cm³/mol. The maximum absolute atomic E-state index is 6.00. The van der Waals surface area contributed by atoms with E-state index in [-0.39, 0.29) is 5.54 Å². The Bertz CT molecular complexity index is 182. The predicted octanol–water partition coefficient (Wildman–Crippen LogP) is 2.00. The third-order valence-corrected chi connectivity index (χ3v) is 4.15. The average molecular weight is 228 g/mol. The molecule has 3 nitrogen and oxygen atoms in total. The van der Waals surface area contributed by atoms with Gasteiger partial charge in [-0.2, -0.15) is 0 Å². The minimum absolute atomic E-state index is 0.204. The molecule has 0 amide bonds. The molecule has 2 N–H and O–H groups in total. The van der Waals surface area contributed by atoms with Gasteiger partial charge in [0, 0.05) is 25.2 Å². The number of nitrogens with zero attached hydrogens (tertiary/aromatic N) is 1. The zero-order valence-corrected chi connectivity index (χ0v) is 11.2. The smallest absolute Gasteiger partial charge is 0.0702 e. The van der Waals surface area contributed by atoms with Gasteiger partial charge in [-0.1, -0.05) is 13.8 Å². The normalized spacial score (nSPS) is 23.6. The molecule has 0 aromatic carbocycles. The van der Waals surface area contributed by atoms with Crippen molar-refractivity contribution in [2.75, 3.05) is 26.2 Å². The van der Waals surface area contributed by atoms with Crippen LogP contribution in [0.3, 0.4) is 0 Å². The van der Waals surface area contributed by atoms with Crippen molar-refractivity contribution in [3.63, 3.8) is 0 Å². The Balaban J connectivity index is 2.63. The Morgan fingerprint density at radius 1 is 1.31 bits per heavy atom. The minimum Gasteiger partial charge on any atom is -0.377 e. The highest BCUT2D eigenvalue weighted by Gasteiger charge is 2.35. The van der Waals surface area contributed by atoms with Crippen LogP contribution >= 0.6 is 0 Å². The van der Waals surface area contributed by atoms with E-state index in [0.29, 0.717) is 6.10 Å². The molecule has 0 bridgehead atoms. The summed E-state index contributed by atoms with van der Waals surface area (Å²) in [6.45, 7) is 10.4. The highest BCUT2D eigenvalue weighted by Crippen LogP contribution is 2.27. The molecule has 1 saturated heterocycles. The highest BCUT2D eigenvalue weighted by atomic mass is 16.5. The first-order valence-electron chi connectivity index (χ1n) is 6.79. The maximum atomic E-state index is 6.00. The summed E-state index contributed by atoms with van der Waals surface area (Å²) in [7, 11) is 0. The first-order valence-corrected chi connectivity index (χ1v) is 6.79. The molecule has 0 radical (unpaired) electrons. The van der Waals surface area contributed by atoms with Crippen molar-refractivity contribution in [3.8, 4) is 0 Å². The van der Waals surface area contributed by atoms with Gasteiger partial charge in [0.1, 0.15) is 0 Å². The van der Waals surface area contributed by atoms with Crippen molar-refractivity contribution in [2.45, 2.75) is 58.1 Å². The lowest BCUT2D eigenvalue weighted by atomic mass is 9.88. The van der Waals surface area contributed by atoms with E-state index in [1.807, 2.05) is 0 Å². The van der Waals surface area contributed by atoms with Crippen LogP contribution in [-0.2, 0) is 4.74 Å². The van der Waals surface area contributed by atoms with E-state index in [2.05, 4.69) is 25.7 Å². The van der Waals surface area contributed by atoms with Gasteiger partial charge in [-0.15, -0.1) is 0 Å². The zero-order valence-electron chi connectivity index (χ0n) is 11.2. The number of nitrogens with two attached hydrogens (primary N) is 1. The van der Waals surface area contributed by atoms with Crippen LogP contribution in [0.15, 0.2) is 0 Å². The van der Waals surface area contributed by atoms with Gasteiger partial charge in [0.15, 0.2) is 0 Å². The Labute approximate surface area is 100 Å². The monoisotopic (exact) mass is 228 g/mol. The summed E-state index contributed by atoms with van der Waals surface area (Å²) in [5.74, 6) is 0. The molecule has 1 rings (SSSR count). The molecule has 0 saturated carbocycles. The molecule has 0 aliphatic carbocycles. The van der Waals surface area contributed by atoms with Crippen molar-refractivity contribution in [2.24, 2.45) is 5.73 Å². The molecular weight excluding hydrogens is 200 g/mol. The molecule has 1 heterocycles. The van der Waals surface area contributed by atoms with Crippen LogP contribution in [0.1, 0.15) is 46.5 Å². The Hall–Kier alpha value is -0.120. The molecule has 16 heavy (non-hydrogen) atoms. The fraction of sp³-hybridized carbons (Fsp3) is 1.00. The SMILES string of the molecule is CCOC1CCCN(C(CC)(CC)CN)C1. The quantitative estimate of drug-likeness (QED) is 0.756. The molecular formula is C13H28N2O. The first-order chi connectivity index (χ1) is 7.72. The van der Waals surface area contributed by atoms with Crippen LogP contribution in [0.2, 0.25) is 0 Å². The van der Waals surface area contributed by atoms with Crippen molar-refractivity contribution in [3.05, 3.63) is 0 Å². The summed E-state index contributed by atoms with van der Waals surface area (Å²) in [5.41, 5.74) is 6.20. The van der Waals surface area contributed by atoms with Gasteiger partial charge in [-0.3, -0.25) is 4.90 Å². The van der Waals surface area contributed by atoms with Crippen molar-refractivity contribution in [1.82, 2.24) is 4.90 Å². The number of likely N-dealkylation sites (tertiary alicyclic amines) is 1. The second kappa shape index (κ2) is 6.58. The van der Waals surface area contributed by atoms with Crippen LogP contribution < -0.4 is 5.73 Å². The molecule has 1 atom stereocenters. The Morgan fingerprint density at radius 3 is 2.50 bits per heavy atom. The second-order valence-electron chi connectivity index (χ2n) is 4.80. The van der Waals surface area contributed by atoms with Crippen molar-refractivity contribution < 1.29 is 4.74 Å². The van der Waals surface area contributed by atoms with Crippen LogP contribution in [0, 0.1) is 0 Å². The molecule has 1 aliphatic rings. The zero-order chi connectivity index (χ0) is 12.0. The lowest BCUT2D eigenvalue weighted by Gasteiger charge is -2.46. The topological polar surface area (TPSA) is 38.5 Å². The summed E-state index contributed by atoms with van der Waals surface area (Å²) in [4.78, 5) is 2.57. The van der Waals surface area contributed by atoms with Crippen LogP contribution in [0.25, 0.3) is 0 Å². The highest BCUT2D eigenvalue weighted by molar-refractivity contribution is 4.92. The van der Waals surface area contributed by atoms with E-state index in [9.17, 15) is 0 Å². The molecule has 0 aromatic heterocycles. The number of hydrogen-bond donors (Lipinski definition) is 1. The van der Waals surface area contributed by atoms with Crippen LogP contribution in [0.4, 0.5) is 0 Å². The fourth-order valence-corrected chi connectivity index (χ4v) is 2.86. The fourth-order valence-electron chi connectivity index (χ4n) is 2.86. The number of hydrogen-bond acceptors (Lipinski definition) is 3. The molecule has 0 aromatic rings. The lowest BCUT2D eigenvalue weighted by Crippen LogP contribution is -2.57. The summed E-state index contributed by atoms with van der Waals surface area (Å²) >= 11 is 0. The maximum Gasteiger partial charge on any atom is 0.0702 e. The van der Waals surface area contributed by atoms with Crippen LogP contribution in [-0.4, -0.2) is 42.8 Å². The molecule has 3 heteroatoms. The molecule has 1 unspecified atom stereocenters. The minimum atomic E-state index is 0.204. The van der Waals surface area contributed by atoms with E-state index in [1.54, 1.807) is 0 Å². The molecule has 1 aliphatic heterocycles. The van der Waals surface area contributed by atoms with Gasteiger partial charge in [-0.05, 0) is 39.2 Å². The number of ether oxygens (including phenoxy) is 1. The van der Waals surface area contributed by atoms with E-state index < -0.39 is 0 Å². The Morgan fingerprint density at radius 2 is 2.00 bits per heavy atom. The largest absolute Gasteiger partial charge is 0.377 e. The van der Waals surface area contributed by atoms with Crippen LogP contribution in [0.5, 0.6) is 0 Å². The lowest BCUT2D eigenvalue weighted by molar-refractivity contribution is -0.0351. The van der Waals surface area contributed by atoms with E-state index in [4.69, 9.17) is 10.5 Å². The summed E-state index contributed by atoms with van der Waals surface area (Å²) in [6, 6.07) is 0. The van der Waals surface area contributed by atoms with Gasteiger partial charge in [0.2, 0.25) is 0 Å². The first kappa shape index (κ1) is 13.9. The third kappa shape index (κ3) is 2.96. The number of piperidine rings is 1. The molecule has 0 spiro atoms. The summed E-state index contributed by atoms with van der Waals surface area (Å²) < 4.78 is 5.76. The third-order valence-electron chi connectivity index (χ3n) is 4.15. The van der Waals surface area contributed by atoms with Crippen molar-refractivity contribution >= 4 is 0 Å². The van der Waals surface area contributed by atoms with Crippen molar-refractivity contribution in [1.29, 1.82) is 0 Å². The standard InChI is InChI=1S/C13H28N2O/c1-4-13(5-2,11-14)15-9-7-8-12(10-15)16-6-3/h12H,4-11,14H2,1-3H3. The summed E-state index contributed by atoms with van der Waals surface area (Å²) in [5, 5.41) is 0. The number of rotatable bonds is 6. The van der Waals surface area contributed by atoms with E-state index in [0.717, 1.165) is 32.5 Å². The second-order valence-corrected chi connectivity index (χ2v) is 4.80.